The van der Waals surface area contributed by atoms with Crippen LogP contribution in [0.2, 0.25) is 0 Å². The molecule has 0 spiro atoms. The Hall–Kier alpha value is -3.36. The molecule has 0 unspecified atom stereocenters. The summed E-state index contributed by atoms with van der Waals surface area (Å²) < 4.78 is 14.8. The van der Waals surface area contributed by atoms with Gasteiger partial charge in [0.05, 0.1) is 5.20 Å². The SMILES string of the molecule is Fc1ccc(Br)c(-c2ccc([Si](C3=CC=[C+]C=C3)(c3ccccc3)c3ccccc3)cc2)c1. The Bertz CT molecular complexity index is 1310. The second-order valence-electron chi connectivity index (χ2n) is 7.97. The molecular weight excluding hydrogens is 487 g/mol. The van der Waals surface area contributed by atoms with E-state index in [1.165, 1.54) is 26.8 Å². The van der Waals surface area contributed by atoms with Crippen molar-refractivity contribution in [3.63, 3.8) is 0 Å². The van der Waals surface area contributed by atoms with Crippen molar-refractivity contribution in [2.75, 3.05) is 0 Å². The standard InChI is InChI=1S/C30H21BrFSi/c31-30-21-18-24(32)22-29(30)23-16-19-28(20-17-23)33(25-10-4-1-5-11-25,26-12-6-2-7-13-26)27-14-8-3-9-15-27/h1-2,4-22H/q+1. The van der Waals surface area contributed by atoms with Crippen LogP contribution in [0.3, 0.4) is 0 Å². The first-order valence-corrected chi connectivity index (χ1v) is 13.6. The Labute approximate surface area is 203 Å². The molecule has 0 amide bonds. The van der Waals surface area contributed by atoms with Crippen molar-refractivity contribution in [2.24, 2.45) is 0 Å². The summed E-state index contributed by atoms with van der Waals surface area (Å²) in [4.78, 5) is 0. The zero-order valence-electron chi connectivity index (χ0n) is 17.9. The number of hydrogen-bond donors (Lipinski definition) is 0. The smallest absolute Gasteiger partial charge is 0.207 e. The summed E-state index contributed by atoms with van der Waals surface area (Å²) in [6, 6.07) is 35.0. The molecule has 158 valence electrons. The number of halogens is 2. The molecule has 0 fully saturated rings. The number of benzene rings is 4. The van der Waals surface area contributed by atoms with Crippen LogP contribution in [0.15, 0.2) is 137 Å². The molecule has 0 saturated heterocycles. The third-order valence-electron chi connectivity index (χ3n) is 6.12. The molecule has 0 nitrogen and oxygen atoms in total. The van der Waals surface area contributed by atoms with Crippen molar-refractivity contribution < 1.29 is 4.39 Å². The highest BCUT2D eigenvalue weighted by molar-refractivity contribution is 9.10. The summed E-state index contributed by atoms with van der Waals surface area (Å²) in [5.41, 5.74) is 1.83. The largest absolute Gasteiger partial charge is 0.212 e. The van der Waals surface area contributed by atoms with Crippen molar-refractivity contribution >= 4 is 39.6 Å². The first-order chi connectivity index (χ1) is 16.2. The minimum absolute atomic E-state index is 0.241. The fourth-order valence-electron chi connectivity index (χ4n) is 4.63. The van der Waals surface area contributed by atoms with Crippen LogP contribution < -0.4 is 15.6 Å². The minimum atomic E-state index is -2.55. The Morgan fingerprint density at radius 1 is 0.697 bits per heavy atom. The maximum Gasteiger partial charge on any atom is 0.212 e. The van der Waals surface area contributed by atoms with Crippen molar-refractivity contribution in [3.05, 3.63) is 149 Å². The summed E-state index contributed by atoms with van der Waals surface area (Å²) in [7, 11) is -2.55. The quantitative estimate of drug-likeness (QED) is 0.173. The van der Waals surface area contributed by atoms with E-state index in [0.29, 0.717) is 0 Å². The van der Waals surface area contributed by atoms with Gasteiger partial charge in [-0.3, -0.25) is 0 Å². The molecule has 5 rings (SSSR count). The Morgan fingerprint density at radius 2 is 1.30 bits per heavy atom. The number of allylic oxidation sites excluding steroid dienone is 6. The van der Waals surface area contributed by atoms with Gasteiger partial charge in [0, 0.05) is 22.7 Å². The number of hydrogen-bond acceptors (Lipinski definition) is 0. The van der Waals surface area contributed by atoms with Crippen LogP contribution in [0.25, 0.3) is 11.1 Å². The second-order valence-corrected chi connectivity index (χ2v) is 12.6. The fourth-order valence-corrected chi connectivity index (χ4v) is 9.83. The topological polar surface area (TPSA) is 0 Å². The predicted molar refractivity (Wildman–Crippen MR) is 142 cm³/mol. The molecule has 0 atom stereocenters. The zero-order valence-corrected chi connectivity index (χ0v) is 20.5. The fraction of sp³-hybridized carbons (Fsp3) is 0. The van der Waals surface area contributed by atoms with Gasteiger partial charge in [-0.1, -0.05) is 101 Å². The van der Waals surface area contributed by atoms with Gasteiger partial charge in [0.1, 0.15) is 18.0 Å². The lowest BCUT2D eigenvalue weighted by Gasteiger charge is -2.32. The van der Waals surface area contributed by atoms with E-state index in [1.807, 2.05) is 12.2 Å². The summed E-state index contributed by atoms with van der Waals surface area (Å²) in [6.07, 6.45) is 11.6. The highest BCUT2D eigenvalue weighted by Crippen LogP contribution is 2.29. The van der Waals surface area contributed by atoms with Crippen molar-refractivity contribution in [1.29, 1.82) is 0 Å². The van der Waals surface area contributed by atoms with Crippen LogP contribution in [-0.2, 0) is 0 Å². The van der Waals surface area contributed by atoms with Crippen LogP contribution in [0, 0.1) is 11.9 Å². The molecule has 0 N–H and O–H groups in total. The first kappa shape index (κ1) is 21.5. The molecule has 0 saturated carbocycles. The normalized spacial score (nSPS) is 12.8. The van der Waals surface area contributed by atoms with Gasteiger partial charge in [0.15, 0.2) is 0 Å². The molecule has 0 radical (unpaired) electrons. The molecule has 0 aliphatic heterocycles. The maximum absolute atomic E-state index is 13.9. The molecular formula is C30H21BrFSi+. The third kappa shape index (κ3) is 3.96. The van der Waals surface area contributed by atoms with Gasteiger partial charge in [-0.15, -0.1) is 0 Å². The van der Waals surface area contributed by atoms with Gasteiger partial charge in [0.25, 0.3) is 0 Å². The highest BCUT2D eigenvalue weighted by Gasteiger charge is 2.45. The Balaban J connectivity index is 1.76. The minimum Gasteiger partial charge on any atom is -0.207 e. The van der Waals surface area contributed by atoms with Crippen LogP contribution in [0.4, 0.5) is 4.39 Å². The van der Waals surface area contributed by atoms with E-state index in [9.17, 15) is 4.39 Å². The van der Waals surface area contributed by atoms with E-state index in [2.05, 4.69) is 119 Å². The van der Waals surface area contributed by atoms with Gasteiger partial charge in [-0.25, -0.2) is 4.39 Å². The van der Waals surface area contributed by atoms with Gasteiger partial charge in [-0.05, 0) is 44.9 Å². The van der Waals surface area contributed by atoms with E-state index < -0.39 is 8.07 Å². The molecule has 1 aliphatic rings. The van der Waals surface area contributed by atoms with Crippen molar-refractivity contribution in [3.8, 4) is 11.1 Å². The van der Waals surface area contributed by atoms with Gasteiger partial charge < -0.3 is 0 Å². The molecule has 33 heavy (non-hydrogen) atoms. The van der Waals surface area contributed by atoms with E-state index in [4.69, 9.17) is 0 Å². The van der Waals surface area contributed by atoms with Crippen molar-refractivity contribution in [2.45, 2.75) is 0 Å². The zero-order chi connectivity index (χ0) is 22.7. The molecule has 4 aromatic rings. The summed E-state index contributed by atoms with van der Waals surface area (Å²) in [5.74, 6) is -0.241. The van der Waals surface area contributed by atoms with E-state index >= 15 is 0 Å². The average Bonchev–Trinajstić information content (AvgIpc) is 2.88. The van der Waals surface area contributed by atoms with Crippen LogP contribution in [0.5, 0.6) is 0 Å². The Morgan fingerprint density at radius 3 is 1.88 bits per heavy atom. The maximum atomic E-state index is 13.9. The lowest BCUT2D eigenvalue weighted by molar-refractivity contribution is 0.628. The highest BCUT2D eigenvalue weighted by atomic mass is 79.9. The molecule has 0 heterocycles. The first-order valence-electron chi connectivity index (χ1n) is 10.8. The van der Waals surface area contributed by atoms with E-state index in [-0.39, 0.29) is 5.82 Å². The monoisotopic (exact) mass is 507 g/mol. The molecule has 0 bridgehead atoms. The summed E-state index contributed by atoms with van der Waals surface area (Å²) >= 11 is 3.57. The van der Waals surface area contributed by atoms with Crippen LogP contribution in [-0.4, -0.2) is 8.07 Å². The van der Waals surface area contributed by atoms with Gasteiger partial charge in [-0.2, -0.15) is 0 Å². The molecule has 4 aromatic carbocycles. The van der Waals surface area contributed by atoms with Gasteiger partial charge in [0.2, 0.25) is 8.07 Å². The lowest BCUT2D eigenvalue weighted by Crippen LogP contribution is -2.68. The summed E-state index contributed by atoms with van der Waals surface area (Å²) in [6.45, 7) is 0. The second kappa shape index (κ2) is 9.25. The molecule has 3 heteroatoms. The number of rotatable bonds is 5. The van der Waals surface area contributed by atoms with Gasteiger partial charge >= 0.3 is 0 Å². The van der Waals surface area contributed by atoms with Crippen LogP contribution in [0.1, 0.15) is 0 Å². The predicted octanol–water partition coefficient (Wildman–Crippen LogP) is 6.12. The van der Waals surface area contributed by atoms with E-state index in [1.54, 1.807) is 12.1 Å². The average molecular weight is 508 g/mol. The molecule has 1 aliphatic carbocycles. The molecule has 0 aromatic heterocycles. The summed E-state index contributed by atoms with van der Waals surface area (Å²) in [5, 5.41) is 5.23. The van der Waals surface area contributed by atoms with Crippen molar-refractivity contribution in [1.82, 2.24) is 0 Å². The lowest BCUT2D eigenvalue weighted by atomic mass is 10.1. The Kier molecular flexibility index (Phi) is 6.02. The van der Waals surface area contributed by atoms with E-state index in [0.717, 1.165) is 15.6 Å². The van der Waals surface area contributed by atoms with Crippen LogP contribution >= 0.6 is 15.9 Å². The third-order valence-corrected chi connectivity index (χ3v) is 11.6.